The van der Waals surface area contributed by atoms with Gasteiger partial charge in [-0.2, -0.15) is 0 Å². The molecule has 0 N–H and O–H groups in total. The molecule has 20 heavy (non-hydrogen) atoms. The molecule has 1 fully saturated rings. The molecule has 0 amide bonds. The Bertz CT molecular complexity index is 618. The number of benzene rings is 1. The van der Waals surface area contributed by atoms with E-state index in [9.17, 15) is 0 Å². The molecule has 0 spiro atoms. The average Bonchev–Trinajstić information content (AvgIpc) is 2.78. The van der Waals surface area contributed by atoms with E-state index in [1.807, 2.05) is 6.07 Å². The Balaban J connectivity index is 2.05. The van der Waals surface area contributed by atoms with Crippen molar-refractivity contribution in [2.24, 2.45) is 0 Å². The zero-order valence-corrected chi connectivity index (χ0v) is 12.6. The molecule has 1 aliphatic rings. The minimum absolute atomic E-state index is 0.556. The highest BCUT2D eigenvalue weighted by Gasteiger charge is 2.34. The fourth-order valence-electron chi connectivity index (χ4n) is 3.16. The van der Waals surface area contributed by atoms with Crippen LogP contribution >= 0.6 is 0 Å². The van der Waals surface area contributed by atoms with Crippen molar-refractivity contribution in [2.45, 2.75) is 24.9 Å². The van der Waals surface area contributed by atoms with Gasteiger partial charge >= 0.3 is 0 Å². The van der Waals surface area contributed by atoms with E-state index >= 15 is 0 Å². The number of rotatable bonds is 4. The van der Waals surface area contributed by atoms with Crippen molar-refractivity contribution in [2.75, 3.05) is 28.3 Å². The number of nitrogens with zero attached hydrogens (tertiary/aromatic N) is 2. The van der Waals surface area contributed by atoms with Gasteiger partial charge in [0.25, 0.3) is 0 Å². The highest BCUT2D eigenvalue weighted by molar-refractivity contribution is 5.84. The van der Waals surface area contributed by atoms with Crippen LogP contribution in [0, 0.1) is 0 Å². The van der Waals surface area contributed by atoms with Gasteiger partial charge in [-0.15, -0.1) is 0 Å². The quantitative estimate of drug-likeness (QED) is 0.857. The van der Waals surface area contributed by atoms with Crippen LogP contribution in [0.25, 0.3) is 10.9 Å². The summed E-state index contributed by atoms with van der Waals surface area (Å²) in [5, 5.41) is 1.20. The highest BCUT2D eigenvalue weighted by atomic mass is 16.5. The Morgan fingerprint density at radius 2 is 1.80 bits per heavy atom. The average molecular weight is 274 g/mol. The molecule has 0 saturated heterocycles. The molecule has 0 radical (unpaired) electrons. The first kappa shape index (κ1) is 13.3. The van der Waals surface area contributed by atoms with E-state index in [1.165, 1.54) is 23.7 Å². The van der Waals surface area contributed by atoms with Crippen molar-refractivity contribution in [3.05, 3.63) is 24.4 Å². The van der Waals surface area contributed by atoms with E-state index in [0.717, 1.165) is 11.5 Å². The Kier molecular flexibility index (Phi) is 3.34. The molecule has 1 saturated carbocycles. The Hall–Kier alpha value is -1.68. The summed E-state index contributed by atoms with van der Waals surface area (Å²) in [6.07, 6.45) is 4.69. The number of methoxy groups -OCH3 is 2. The monoisotopic (exact) mass is 274 g/mol. The topological polar surface area (TPSA) is 26.6 Å². The molecule has 0 bridgehead atoms. The largest absolute Gasteiger partial charge is 0.493 e. The molecule has 3 rings (SSSR count). The number of hydrogen-bond donors (Lipinski definition) is 0. The lowest BCUT2D eigenvalue weighted by Crippen LogP contribution is -2.43. The zero-order chi connectivity index (χ0) is 14.3. The SMILES string of the molecule is COc1cc2ccn(C3CCC3N(C)C)c2cc1OC. The van der Waals surface area contributed by atoms with E-state index in [1.54, 1.807) is 14.2 Å². The van der Waals surface area contributed by atoms with Gasteiger partial charge in [0.05, 0.1) is 19.7 Å². The molecule has 0 aliphatic heterocycles. The minimum Gasteiger partial charge on any atom is -0.493 e. The molecule has 1 heterocycles. The van der Waals surface area contributed by atoms with Crippen LogP contribution < -0.4 is 9.47 Å². The third kappa shape index (κ3) is 1.95. The van der Waals surface area contributed by atoms with Crippen LogP contribution in [0.15, 0.2) is 24.4 Å². The second kappa shape index (κ2) is 5.02. The summed E-state index contributed by atoms with van der Waals surface area (Å²) in [5.74, 6) is 1.58. The summed E-state index contributed by atoms with van der Waals surface area (Å²) in [5.41, 5.74) is 1.22. The lowest BCUT2D eigenvalue weighted by Gasteiger charge is -2.42. The zero-order valence-electron chi connectivity index (χ0n) is 12.6. The molecule has 4 nitrogen and oxygen atoms in total. The lowest BCUT2D eigenvalue weighted by atomic mass is 9.85. The van der Waals surface area contributed by atoms with Gasteiger partial charge in [0, 0.05) is 29.7 Å². The molecule has 1 aliphatic carbocycles. The lowest BCUT2D eigenvalue weighted by molar-refractivity contribution is 0.116. The van der Waals surface area contributed by atoms with Crippen molar-refractivity contribution >= 4 is 10.9 Å². The standard InChI is InChI=1S/C16H22N2O2/c1-17(2)12-5-6-13(12)18-8-7-11-9-15(19-3)16(20-4)10-14(11)18/h7-10,12-13H,5-6H2,1-4H3. The molecule has 108 valence electrons. The van der Waals surface area contributed by atoms with Crippen LogP contribution in [0.1, 0.15) is 18.9 Å². The van der Waals surface area contributed by atoms with Crippen LogP contribution in [0.4, 0.5) is 0 Å². The summed E-state index contributed by atoms with van der Waals surface area (Å²) in [6, 6.07) is 7.47. The molecule has 2 atom stereocenters. The number of likely N-dealkylation sites (N-methyl/N-ethyl adjacent to an activating group) is 1. The molecule has 4 heteroatoms. The summed E-state index contributed by atoms with van der Waals surface area (Å²) >= 11 is 0. The van der Waals surface area contributed by atoms with Crippen molar-refractivity contribution in [3.8, 4) is 11.5 Å². The number of fused-ring (bicyclic) bond motifs is 1. The van der Waals surface area contributed by atoms with Crippen molar-refractivity contribution in [1.82, 2.24) is 9.47 Å². The predicted molar refractivity (Wildman–Crippen MR) is 80.8 cm³/mol. The van der Waals surface area contributed by atoms with Gasteiger partial charge < -0.3 is 18.9 Å². The predicted octanol–water partition coefficient (Wildman–Crippen LogP) is 2.92. The molecule has 1 aromatic heterocycles. The van der Waals surface area contributed by atoms with Crippen molar-refractivity contribution < 1.29 is 9.47 Å². The maximum atomic E-state index is 5.43. The third-order valence-electron chi connectivity index (χ3n) is 4.45. The number of ether oxygens (including phenoxy) is 2. The van der Waals surface area contributed by atoms with E-state index in [2.05, 4.69) is 41.9 Å². The molecule has 2 aromatic rings. The fourth-order valence-corrected chi connectivity index (χ4v) is 3.16. The van der Waals surface area contributed by atoms with Crippen molar-refractivity contribution in [3.63, 3.8) is 0 Å². The molecule has 2 unspecified atom stereocenters. The van der Waals surface area contributed by atoms with Gasteiger partial charge in [-0.25, -0.2) is 0 Å². The fraction of sp³-hybridized carbons (Fsp3) is 0.500. The van der Waals surface area contributed by atoms with E-state index in [4.69, 9.17) is 9.47 Å². The van der Waals surface area contributed by atoms with Crippen LogP contribution in [-0.4, -0.2) is 43.8 Å². The van der Waals surface area contributed by atoms with Gasteiger partial charge in [-0.3, -0.25) is 0 Å². The Morgan fingerprint density at radius 1 is 1.10 bits per heavy atom. The molecule has 1 aromatic carbocycles. The normalized spacial score (nSPS) is 22.1. The smallest absolute Gasteiger partial charge is 0.162 e. The van der Waals surface area contributed by atoms with Crippen LogP contribution in [0.2, 0.25) is 0 Å². The van der Waals surface area contributed by atoms with Crippen LogP contribution in [0.3, 0.4) is 0 Å². The first-order valence-corrected chi connectivity index (χ1v) is 7.04. The summed E-state index contributed by atoms with van der Waals surface area (Å²) < 4.78 is 13.2. The first-order chi connectivity index (χ1) is 9.65. The van der Waals surface area contributed by atoms with Crippen LogP contribution in [-0.2, 0) is 0 Å². The maximum Gasteiger partial charge on any atom is 0.162 e. The van der Waals surface area contributed by atoms with Gasteiger partial charge in [-0.05, 0) is 39.1 Å². The molecular formula is C16H22N2O2. The van der Waals surface area contributed by atoms with Crippen LogP contribution in [0.5, 0.6) is 11.5 Å². The second-order valence-corrected chi connectivity index (χ2v) is 5.66. The van der Waals surface area contributed by atoms with Gasteiger partial charge in [0.1, 0.15) is 0 Å². The molecular weight excluding hydrogens is 252 g/mol. The summed E-state index contributed by atoms with van der Waals surface area (Å²) in [7, 11) is 7.68. The maximum absolute atomic E-state index is 5.43. The highest BCUT2D eigenvalue weighted by Crippen LogP contribution is 2.40. The Morgan fingerprint density at radius 3 is 2.35 bits per heavy atom. The summed E-state index contributed by atoms with van der Waals surface area (Å²) in [6.45, 7) is 0. The van der Waals surface area contributed by atoms with E-state index < -0.39 is 0 Å². The van der Waals surface area contributed by atoms with E-state index in [0.29, 0.717) is 12.1 Å². The van der Waals surface area contributed by atoms with E-state index in [-0.39, 0.29) is 0 Å². The van der Waals surface area contributed by atoms with Crippen molar-refractivity contribution in [1.29, 1.82) is 0 Å². The second-order valence-electron chi connectivity index (χ2n) is 5.66. The minimum atomic E-state index is 0.556. The third-order valence-corrected chi connectivity index (χ3v) is 4.45. The summed E-state index contributed by atoms with van der Waals surface area (Å²) in [4.78, 5) is 2.32. The van der Waals surface area contributed by atoms with Gasteiger partial charge in [0.15, 0.2) is 11.5 Å². The number of aromatic nitrogens is 1. The Labute approximate surface area is 119 Å². The van der Waals surface area contributed by atoms with Gasteiger partial charge in [0.2, 0.25) is 0 Å². The number of hydrogen-bond acceptors (Lipinski definition) is 3. The first-order valence-electron chi connectivity index (χ1n) is 7.04. The van der Waals surface area contributed by atoms with Gasteiger partial charge in [-0.1, -0.05) is 0 Å².